The summed E-state index contributed by atoms with van der Waals surface area (Å²) < 4.78 is 0. The lowest BCUT2D eigenvalue weighted by Crippen LogP contribution is -2.52. The molecule has 1 aliphatic carbocycles. The lowest BCUT2D eigenvalue weighted by Gasteiger charge is -2.38. The molecule has 152 valence electrons. The molecular formula is C23H33N3O2. The first-order valence-corrected chi connectivity index (χ1v) is 10.3. The van der Waals surface area contributed by atoms with Crippen molar-refractivity contribution in [1.82, 2.24) is 15.5 Å². The van der Waals surface area contributed by atoms with E-state index in [1.807, 2.05) is 25.7 Å². The van der Waals surface area contributed by atoms with E-state index in [1.54, 1.807) is 0 Å². The minimum Gasteiger partial charge on any atom is -0.334 e. The van der Waals surface area contributed by atoms with Gasteiger partial charge in [-0.25, -0.2) is 4.79 Å². The standard InChI is InChI=1S/C23H33N3O2/c1-15(2)12-20-19-13-16-8-6-7-9-17(16)18(19)10-11-26(20)21(27)14-24-22(28)25-23(3,4)5/h6-9,15,20H,10-14H2,1-5H3,(H2,24,25,28). The number of hydrogen-bond donors (Lipinski definition) is 2. The van der Waals surface area contributed by atoms with Crippen molar-refractivity contribution in [2.45, 2.75) is 65.5 Å². The normalized spacial score (nSPS) is 18.8. The third kappa shape index (κ3) is 4.57. The molecular weight excluding hydrogens is 350 g/mol. The Morgan fingerprint density at radius 1 is 1.21 bits per heavy atom. The molecule has 1 heterocycles. The third-order valence-corrected chi connectivity index (χ3v) is 5.40. The van der Waals surface area contributed by atoms with Gasteiger partial charge in [-0.3, -0.25) is 4.79 Å². The summed E-state index contributed by atoms with van der Waals surface area (Å²) in [5.74, 6) is 0.491. The predicted molar refractivity (Wildman–Crippen MR) is 113 cm³/mol. The molecule has 0 spiro atoms. The predicted octanol–water partition coefficient (Wildman–Crippen LogP) is 3.74. The zero-order valence-corrected chi connectivity index (χ0v) is 17.8. The number of carbonyl (C=O) groups is 2. The first-order valence-electron chi connectivity index (χ1n) is 10.3. The molecule has 1 unspecified atom stereocenters. The molecule has 1 aromatic rings. The minimum atomic E-state index is -0.326. The molecule has 0 aromatic heterocycles. The van der Waals surface area contributed by atoms with Gasteiger partial charge in [0.15, 0.2) is 0 Å². The number of nitrogens with zero attached hydrogens (tertiary/aromatic N) is 1. The number of fused-ring (bicyclic) bond motifs is 2. The van der Waals surface area contributed by atoms with Gasteiger partial charge in [0.2, 0.25) is 5.91 Å². The molecule has 5 heteroatoms. The van der Waals surface area contributed by atoms with Crippen molar-refractivity contribution in [3.8, 4) is 0 Å². The summed E-state index contributed by atoms with van der Waals surface area (Å²) in [5.41, 5.74) is 5.24. The highest BCUT2D eigenvalue weighted by molar-refractivity contribution is 5.87. The zero-order chi connectivity index (χ0) is 20.5. The van der Waals surface area contributed by atoms with Crippen molar-refractivity contribution >= 4 is 17.5 Å². The molecule has 0 radical (unpaired) electrons. The third-order valence-electron chi connectivity index (χ3n) is 5.40. The van der Waals surface area contributed by atoms with Crippen LogP contribution in [-0.4, -0.2) is 41.5 Å². The summed E-state index contributed by atoms with van der Waals surface area (Å²) in [7, 11) is 0. The quantitative estimate of drug-likeness (QED) is 0.832. The fraction of sp³-hybridized carbons (Fsp3) is 0.565. The van der Waals surface area contributed by atoms with E-state index >= 15 is 0 Å². The molecule has 1 atom stereocenters. The van der Waals surface area contributed by atoms with Gasteiger partial charge < -0.3 is 15.5 Å². The smallest absolute Gasteiger partial charge is 0.315 e. The first-order chi connectivity index (χ1) is 13.2. The zero-order valence-electron chi connectivity index (χ0n) is 17.8. The Morgan fingerprint density at radius 2 is 1.93 bits per heavy atom. The van der Waals surface area contributed by atoms with E-state index in [4.69, 9.17) is 0 Å². The van der Waals surface area contributed by atoms with Gasteiger partial charge in [-0.2, -0.15) is 0 Å². The fourth-order valence-electron chi connectivity index (χ4n) is 4.30. The van der Waals surface area contributed by atoms with Crippen molar-refractivity contribution in [3.05, 3.63) is 41.0 Å². The Kier molecular flexibility index (Phi) is 5.82. The number of amides is 3. The number of urea groups is 1. The van der Waals surface area contributed by atoms with Crippen LogP contribution in [0.3, 0.4) is 0 Å². The molecule has 2 aliphatic rings. The maximum Gasteiger partial charge on any atom is 0.315 e. The molecule has 3 rings (SSSR count). The van der Waals surface area contributed by atoms with Gasteiger partial charge in [-0.15, -0.1) is 0 Å². The number of nitrogens with one attached hydrogen (secondary N) is 2. The topological polar surface area (TPSA) is 61.4 Å². The van der Waals surface area contributed by atoms with Crippen molar-refractivity contribution in [1.29, 1.82) is 0 Å². The van der Waals surface area contributed by atoms with E-state index in [1.165, 1.54) is 22.3 Å². The van der Waals surface area contributed by atoms with Gasteiger partial charge in [-0.1, -0.05) is 38.1 Å². The van der Waals surface area contributed by atoms with Gasteiger partial charge >= 0.3 is 6.03 Å². The number of carbonyl (C=O) groups excluding carboxylic acids is 2. The van der Waals surface area contributed by atoms with Crippen LogP contribution in [0.4, 0.5) is 4.79 Å². The molecule has 28 heavy (non-hydrogen) atoms. The van der Waals surface area contributed by atoms with Gasteiger partial charge in [0.25, 0.3) is 0 Å². The molecule has 1 aliphatic heterocycles. The number of hydrogen-bond acceptors (Lipinski definition) is 2. The van der Waals surface area contributed by atoms with Crippen molar-refractivity contribution < 1.29 is 9.59 Å². The second kappa shape index (κ2) is 7.98. The number of rotatable bonds is 4. The monoisotopic (exact) mass is 383 g/mol. The highest BCUT2D eigenvalue weighted by Crippen LogP contribution is 2.42. The first kappa shape index (κ1) is 20.4. The molecule has 3 amide bonds. The Balaban J connectivity index is 1.73. The van der Waals surface area contributed by atoms with E-state index in [-0.39, 0.29) is 30.1 Å². The molecule has 0 bridgehead atoms. The second-order valence-corrected chi connectivity index (χ2v) is 9.38. The molecule has 2 N–H and O–H groups in total. The summed E-state index contributed by atoms with van der Waals surface area (Å²) >= 11 is 0. The summed E-state index contributed by atoms with van der Waals surface area (Å²) in [6.07, 6.45) is 2.78. The van der Waals surface area contributed by atoms with Crippen LogP contribution in [0.1, 0.15) is 58.6 Å². The molecule has 0 saturated heterocycles. The van der Waals surface area contributed by atoms with Crippen molar-refractivity contribution in [2.75, 3.05) is 13.1 Å². The van der Waals surface area contributed by atoms with E-state index in [0.29, 0.717) is 12.5 Å². The average molecular weight is 384 g/mol. The summed E-state index contributed by atoms with van der Waals surface area (Å²) in [4.78, 5) is 27.0. The van der Waals surface area contributed by atoms with E-state index in [2.05, 4.69) is 48.7 Å². The van der Waals surface area contributed by atoms with Crippen LogP contribution in [0.2, 0.25) is 0 Å². The second-order valence-electron chi connectivity index (χ2n) is 9.38. The summed E-state index contributed by atoms with van der Waals surface area (Å²) in [6, 6.07) is 8.42. The van der Waals surface area contributed by atoms with Crippen LogP contribution in [-0.2, 0) is 11.2 Å². The Bertz CT molecular complexity index is 789. The minimum absolute atomic E-state index is 0.00258. The van der Waals surface area contributed by atoms with Crippen LogP contribution in [0.15, 0.2) is 29.8 Å². The van der Waals surface area contributed by atoms with Gasteiger partial charge in [0.1, 0.15) is 0 Å². The SMILES string of the molecule is CC(C)CC1C2=C(CCN1C(=O)CNC(=O)NC(C)(C)C)c1ccccc1C2. The summed E-state index contributed by atoms with van der Waals surface area (Å²) in [5, 5.41) is 5.57. The lowest BCUT2D eigenvalue weighted by atomic mass is 9.87. The van der Waals surface area contributed by atoms with Gasteiger partial charge in [-0.05, 0) is 68.2 Å². The molecule has 0 saturated carbocycles. The number of benzene rings is 1. The fourth-order valence-corrected chi connectivity index (χ4v) is 4.30. The largest absolute Gasteiger partial charge is 0.334 e. The van der Waals surface area contributed by atoms with E-state index < -0.39 is 0 Å². The molecule has 5 nitrogen and oxygen atoms in total. The van der Waals surface area contributed by atoms with Crippen molar-refractivity contribution in [2.24, 2.45) is 5.92 Å². The highest BCUT2D eigenvalue weighted by atomic mass is 16.2. The molecule has 1 aromatic carbocycles. The van der Waals surface area contributed by atoms with Gasteiger partial charge in [0, 0.05) is 12.1 Å². The van der Waals surface area contributed by atoms with Crippen LogP contribution in [0, 0.1) is 5.92 Å². The summed E-state index contributed by atoms with van der Waals surface area (Å²) in [6.45, 7) is 10.9. The van der Waals surface area contributed by atoms with E-state index in [0.717, 1.165) is 19.3 Å². The Labute approximate surface area is 168 Å². The van der Waals surface area contributed by atoms with Gasteiger partial charge in [0.05, 0.1) is 12.6 Å². The van der Waals surface area contributed by atoms with E-state index in [9.17, 15) is 9.59 Å². The maximum atomic E-state index is 13.0. The van der Waals surface area contributed by atoms with Crippen LogP contribution < -0.4 is 10.6 Å². The maximum absolute atomic E-state index is 13.0. The molecule has 0 fully saturated rings. The van der Waals surface area contributed by atoms with Crippen molar-refractivity contribution in [3.63, 3.8) is 0 Å². The van der Waals surface area contributed by atoms with Crippen LogP contribution in [0.5, 0.6) is 0 Å². The van der Waals surface area contributed by atoms with Crippen LogP contribution >= 0.6 is 0 Å². The lowest BCUT2D eigenvalue weighted by molar-refractivity contribution is -0.132. The Hall–Kier alpha value is -2.30. The Morgan fingerprint density at radius 3 is 2.61 bits per heavy atom. The van der Waals surface area contributed by atoms with Crippen LogP contribution in [0.25, 0.3) is 5.57 Å². The highest BCUT2D eigenvalue weighted by Gasteiger charge is 2.36. The average Bonchev–Trinajstić information content (AvgIpc) is 2.97.